The Labute approximate surface area is 158 Å². The molecule has 1 heterocycles. The summed E-state index contributed by atoms with van der Waals surface area (Å²) in [6, 6.07) is 9.00. The molecule has 0 aliphatic heterocycles. The Balaban J connectivity index is 1.72. The minimum Gasteiger partial charge on any atom is -0.490 e. The fraction of sp³-hybridized carbons (Fsp3) is 0.450. The quantitative estimate of drug-likeness (QED) is 0.703. The summed E-state index contributed by atoms with van der Waals surface area (Å²) in [5, 5.41) is 16.0. The normalized spacial score (nSPS) is 16.0. The fourth-order valence-electron chi connectivity index (χ4n) is 3.03. The second kappa shape index (κ2) is 8.10. The van der Waals surface area contributed by atoms with Crippen molar-refractivity contribution in [3.05, 3.63) is 46.2 Å². The zero-order valence-electron chi connectivity index (χ0n) is 15.2. The van der Waals surface area contributed by atoms with Gasteiger partial charge in [-0.2, -0.15) is 0 Å². The number of hydrogen-bond donors (Lipinski definition) is 2. The van der Waals surface area contributed by atoms with Gasteiger partial charge in [-0.15, -0.1) is 11.3 Å². The van der Waals surface area contributed by atoms with Gasteiger partial charge in [0.25, 0.3) is 5.91 Å². The van der Waals surface area contributed by atoms with E-state index in [0.717, 1.165) is 17.7 Å². The van der Waals surface area contributed by atoms with Crippen molar-refractivity contribution in [1.29, 1.82) is 0 Å². The molecule has 1 unspecified atom stereocenters. The second-order valence-corrected chi connectivity index (χ2v) is 7.33. The number of carbonyl (C=O) groups excluding carboxylic acids is 1. The molecule has 140 valence electrons. The maximum atomic E-state index is 12.6. The van der Waals surface area contributed by atoms with E-state index in [1.165, 1.54) is 11.3 Å². The minimum absolute atomic E-state index is 0.203. The van der Waals surface area contributed by atoms with E-state index in [9.17, 15) is 9.90 Å². The van der Waals surface area contributed by atoms with Gasteiger partial charge < -0.3 is 19.9 Å². The molecule has 1 saturated carbocycles. The van der Waals surface area contributed by atoms with E-state index in [2.05, 4.69) is 5.32 Å². The highest BCUT2D eigenvalue weighted by atomic mass is 32.1. The van der Waals surface area contributed by atoms with E-state index < -0.39 is 5.60 Å². The summed E-state index contributed by atoms with van der Waals surface area (Å²) in [7, 11) is 0. The molecular formula is C20H25NO4S. The Kier molecular flexibility index (Phi) is 5.84. The third-order valence-electron chi connectivity index (χ3n) is 4.52. The SMILES string of the molecule is CCOc1ccc(C(=O)NCC(O)(c2cccs2)C2CC2)cc1OCC. The van der Waals surface area contributed by atoms with Gasteiger partial charge in [0.1, 0.15) is 5.60 Å². The first-order valence-electron chi connectivity index (χ1n) is 9.02. The number of ether oxygens (including phenoxy) is 2. The van der Waals surface area contributed by atoms with Crippen LogP contribution >= 0.6 is 11.3 Å². The summed E-state index contributed by atoms with van der Waals surface area (Å²) >= 11 is 1.52. The smallest absolute Gasteiger partial charge is 0.251 e. The first-order chi connectivity index (χ1) is 12.6. The molecule has 1 atom stereocenters. The molecule has 1 fully saturated rings. The molecule has 26 heavy (non-hydrogen) atoms. The molecule has 0 saturated heterocycles. The van der Waals surface area contributed by atoms with E-state index in [1.807, 2.05) is 31.4 Å². The third kappa shape index (κ3) is 4.02. The van der Waals surface area contributed by atoms with Crippen molar-refractivity contribution in [2.75, 3.05) is 19.8 Å². The number of rotatable bonds is 9. The van der Waals surface area contributed by atoms with Crippen molar-refractivity contribution < 1.29 is 19.4 Å². The molecule has 5 nitrogen and oxygen atoms in total. The summed E-state index contributed by atoms with van der Waals surface area (Å²) in [4.78, 5) is 13.5. The standard InChI is InChI=1S/C20H25NO4S/c1-3-24-16-10-7-14(12-17(16)25-4-2)19(22)21-13-20(23,15-8-9-15)18-6-5-11-26-18/h5-7,10-12,15,23H,3-4,8-9,13H2,1-2H3,(H,21,22). The molecule has 0 bridgehead atoms. The maximum absolute atomic E-state index is 12.6. The molecule has 1 aromatic heterocycles. The van der Waals surface area contributed by atoms with Gasteiger partial charge >= 0.3 is 0 Å². The van der Waals surface area contributed by atoms with Gasteiger partial charge in [-0.05, 0) is 62.3 Å². The summed E-state index contributed by atoms with van der Waals surface area (Å²) in [6.07, 6.45) is 1.98. The molecule has 1 aromatic carbocycles. The lowest BCUT2D eigenvalue weighted by Gasteiger charge is -2.27. The molecule has 1 amide bonds. The van der Waals surface area contributed by atoms with Crippen molar-refractivity contribution in [2.24, 2.45) is 5.92 Å². The maximum Gasteiger partial charge on any atom is 0.251 e. The molecule has 1 aliphatic carbocycles. The monoisotopic (exact) mass is 375 g/mol. The van der Waals surface area contributed by atoms with Gasteiger partial charge in [-0.3, -0.25) is 4.79 Å². The Hall–Kier alpha value is -2.05. The van der Waals surface area contributed by atoms with Crippen LogP contribution in [0, 0.1) is 5.92 Å². The third-order valence-corrected chi connectivity index (χ3v) is 5.56. The van der Waals surface area contributed by atoms with Crippen LogP contribution in [-0.2, 0) is 5.60 Å². The summed E-state index contributed by atoms with van der Waals surface area (Å²) in [5.41, 5.74) is -0.501. The van der Waals surface area contributed by atoms with Crippen LogP contribution in [-0.4, -0.2) is 30.8 Å². The van der Waals surface area contributed by atoms with Crippen LogP contribution in [0.25, 0.3) is 0 Å². The summed E-state index contributed by atoms with van der Waals surface area (Å²) in [5.74, 6) is 1.15. The van der Waals surface area contributed by atoms with E-state index in [4.69, 9.17) is 9.47 Å². The molecule has 3 rings (SSSR count). The first-order valence-corrected chi connectivity index (χ1v) is 9.90. The average molecular weight is 375 g/mol. The topological polar surface area (TPSA) is 67.8 Å². The first kappa shape index (κ1) is 18.7. The lowest BCUT2D eigenvalue weighted by molar-refractivity contribution is 0.0169. The Bertz CT molecular complexity index is 742. The Morgan fingerprint density at radius 1 is 1.23 bits per heavy atom. The van der Waals surface area contributed by atoms with Gasteiger partial charge in [0.05, 0.1) is 19.8 Å². The van der Waals surface area contributed by atoms with E-state index in [0.29, 0.717) is 30.3 Å². The Morgan fingerprint density at radius 3 is 2.58 bits per heavy atom. The number of nitrogens with one attached hydrogen (secondary N) is 1. The zero-order chi connectivity index (χ0) is 18.6. The highest BCUT2D eigenvalue weighted by molar-refractivity contribution is 7.10. The van der Waals surface area contributed by atoms with E-state index >= 15 is 0 Å². The van der Waals surface area contributed by atoms with Gasteiger partial charge in [-0.1, -0.05) is 6.07 Å². The van der Waals surface area contributed by atoms with Crippen molar-refractivity contribution in [3.8, 4) is 11.5 Å². The predicted molar refractivity (Wildman–Crippen MR) is 102 cm³/mol. The lowest BCUT2D eigenvalue weighted by atomic mass is 9.95. The Morgan fingerprint density at radius 2 is 1.96 bits per heavy atom. The average Bonchev–Trinajstić information content (AvgIpc) is 3.36. The highest BCUT2D eigenvalue weighted by Gasteiger charge is 2.46. The van der Waals surface area contributed by atoms with Crippen molar-refractivity contribution >= 4 is 17.2 Å². The molecule has 0 spiro atoms. The van der Waals surface area contributed by atoms with E-state index in [1.54, 1.807) is 18.2 Å². The van der Waals surface area contributed by atoms with Crippen molar-refractivity contribution in [1.82, 2.24) is 5.32 Å². The van der Waals surface area contributed by atoms with Crippen LogP contribution in [0.4, 0.5) is 0 Å². The summed E-state index contributed by atoms with van der Waals surface area (Å²) in [6.45, 7) is 5.01. The van der Waals surface area contributed by atoms with Crippen LogP contribution in [0.1, 0.15) is 41.9 Å². The van der Waals surface area contributed by atoms with Crippen LogP contribution in [0.3, 0.4) is 0 Å². The fourth-order valence-corrected chi connectivity index (χ4v) is 3.93. The predicted octanol–water partition coefficient (Wildman–Crippen LogP) is 3.57. The highest BCUT2D eigenvalue weighted by Crippen LogP contribution is 2.46. The summed E-state index contributed by atoms with van der Waals surface area (Å²) < 4.78 is 11.1. The largest absolute Gasteiger partial charge is 0.490 e. The van der Waals surface area contributed by atoms with Crippen LogP contribution in [0.2, 0.25) is 0 Å². The van der Waals surface area contributed by atoms with E-state index in [-0.39, 0.29) is 18.4 Å². The van der Waals surface area contributed by atoms with Gasteiger partial charge in [0.15, 0.2) is 11.5 Å². The molecule has 2 aromatic rings. The zero-order valence-corrected chi connectivity index (χ0v) is 16.0. The second-order valence-electron chi connectivity index (χ2n) is 6.39. The van der Waals surface area contributed by atoms with Gasteiger partial charge in [-0.25, -0.2) is 0 Å². The minimum atomic E-state index is -0.988. The molecule has 2 N–H and O–H groups in total. The van der Waals surface area contributed by atoms with Crippen molar-refractivity contribution in [3.63, 3.8) is 0 Å². The van der Waals surface area contributed by atoms with Crippen LogP contribution in [0.5, 0.6) is 11.5 Å². The van der Waals surface area contributed by atoms with Crippen molar-refractivity contribution in [2.45, 2.75) is 32.3 Å². The molecule has 6 heteroatoms. The lowest BCUT2D eigenvalue weighted by Crippen LogP contribution is -2.42. The number of thiophene rings is 1. The van der Waals surface area contributed by atoms with Gasteiger partial charge in [0, 0.05) is 10.4 Å². The number of carbonyl (C=O) groups is 1. The molecule has 1 aliphatic rings. The van der Waals surface area contributed by atoms with Crippen LogP contribution < -0.4 is 14.8 Å². The number of benzene rings is 1. The molecular weight excluding hydrogens is 350 g/mol. The molecule has 0 radical (unpaired) electrons. The number of aliphatic hydroxyl groups is 1. The number of hydrogen-bond acceptors (Lipinski definition) is 5. The van der Waals surface area contributed by atoms with Gasteiger partial charge in [0.2, 0.25) is 0 Å². The number of amides is 1. The van der Waals surface area contributed by atoms with Crippen LogP contribution in [0.15, 0.2) is 35.7 Å².